The maximum Gasteiger partial charge on any atom is 0.409 e. The van der Waals surface area contributed by atoms with Crippen LogP contribution in [-0.4, -0.2) is 97.2 Å². The van der Waals surface area contributed by atoms with Crippen molar-refractivity contribution in [2.24, 2.45) is 0 Å². The second kappa shape index (κ2) is 9.74. The summed E-state index contributed by atoms with van der Waals surface area (Å²) in [4.78, 5) is 36.2. The van der Waals surface area contributed by atoms with Crippen LogP contribution in [0.1, 0.15) is 12.6 Å². The van der Waals surface area contributed by atoms with E-state index in [1.807, 2.05) is 4.90 Å². The topological polar surface area (TPSA) is 119 Å². The molecule has 0 saturated carbocycles. The predicted molar refractivity (Wildman–Crippen MR) is 113 cm³/mol. The number of oxazole rings is 1. The molecule has 11 heteroatoms. The third-order valence-electron chi connectivity index (χ3n) is 5.62. The smallest absolute Gasteiger partial charge is 0.409 e. The Morgan fingerprint density at radius 3 is 2.47 bits per heavy atom. The SMILES string of the molecule is CCOC(=O)N1CCN(C(=O)CN2CCN(c3oc(-c4ccco4)nc3C#N)CC2)CC1. The Balaban J connectivity index is 1.27. The Hall–Kier alpha value is -3.52. The van der Waals surface area contributed by atoms with E-state index in [9.17, 15) is 14.9 Å². The fraction of sp³-hybridized carbons (Fsp3) is 0.524. The number of nitriles is 1. The second-order valence-corrected chi connectivity index (χ2v) is 7.59. The number of aromatic nitrogens is 1. The zero-order chi connectivity index (χ0) is 22.5. The number of carbonyl (C=O) groups excluding carboxylic acids is 2. The highest BCUT2D eigenvalue weighted by molar-refractivity contribution is 5.79. The van der Waals surface area contributed by atoms with E-state index in [0.717, 1.165) is 0 Å². The highest BCUT2D eigenvalue weighted by Crippen LogP contribution is 2.29. The average molecular weight is 442 g/mol. The number of hydrogen-bond donors (Lipinski definition) is 0. The number of furan rings is 1. The molecule has 0 radical (unpaired) electrons. The Labute approximate surface area is 185 Å². The highest BCUT2D eigenvalue weighted by Gasteiger charge is 2.29. The van der Waals surface area contributed by atoms with Gasteiger partial charge in [-0.3, -0.25) is 9.69 Å². The third-order valence-corrected chi connectivity index (χ3v) is 5.62. The van der Waals surface area contributed by atoms with E-state index in [2.05, 4.69) is 16.0 Å². The Morgan fingerprint density at radius 1 is 1.12 bits per heavy atom. The molecular formula is C21H26N6O5. The standard InChI is InChI=1S/C21H26N6O5/c1-2-30-21(29)27-11-9-25(10-12-27)18(28)15-24-5-7-26(8-6-24)20-16(14-22)23-19(32-20)17-4-3-13-31-17/h3-4,13H,2,5-12,15H2,1H3. The molecule has 2 aromatic heterocycles. The van der Waals surface area contributed by atoms with Crippen molar-refractivity contribution in [3.63, 3.8) is 0 Å². The van der Waals surface area contributed by atoms with Crippen LogP contribution in [0.2, 0.25) is 0 Å². The summed E-state index contributed by atoms with van der Waals surface area (Å²) in [6.45, 7) is 7.00. The number of piperazine rings is 2. The highest BCUT2D eigenvalue weighted by atomic mass is 16.6. The minimum absolute atomic E-state index is 0.0550. The van der Waals surface area contributed by atoms with Crippen LogP contribution in [-0.2, 0) is 9.53 Å². The van der Waals surface area contributed by atoms with Crippen LogP contribution in [0.5, 0.6) is 0 Å². The van der Waals surface area contributed by atoms with Crippen LogP contribution in [0, 0.1) is 11.3 Å². The van der Waals surface area contributed by atoms with Gasteiger partial charge in [0.05, 0.1) is 19.4 Å². The van der Waals surface area contributed by atoms with Gasteiger partial charge >= 0.3 is 6.09 Å². The van der Waals surface area contributed by atoms with Gasteiger partial charge in [0.1, 0.15) is 6.07 Å². The van der Waals surface area contributed by atoms with Gasteiger partial charge in [0.15, 0.2) is 5.76 Å². The van der Waals surface area contributed by atoms with Gasteiger partial charge in [-0.1, -0.05) is 0 Å². The fourth-order valence-corrected chi connectivity index (χ4v) is 3.86. The first-order chi connectivity index (χ1) is 15.6. The normalized spacial score (nSPS) is 17.3. The molecule has 0 N–H and O–H groups in total. The molecule has 0 spiro atoms. The predicted octanol–water partition coefficient (Wildman–Crippen LogP) is 1.23. The monoisotopic (exact) mass is 442 g/mol. The molecule has 2 aromatic rings. The number of rotatable bonds is 5. The summed E-state index contributed by atoms with van der Waals surface area (Å²) in [7, 11) is 0. The molecule has 2 aliphatic rings. The largest absolute Gasteiger partial charge is 0.459 e. The number of anilines is 1. The Morgan fingerprint density at radius 2 is 1.84 bits per heavy atom. The summed E-state index contributed by atoms with van der Waals surface area (Å²) in [5.41, 5.74) is 0.223. The molecule has 4 rings (SSSR count). The van der Waals surface area contributed by atoms with E-state index in [1.54, 1.807) is 28.9 Å². The molecule has 4 heterocycles. The summed E-state index contributed by atoms with van der Waals surface area (Å²) in [5.74, 6) is 1.24. The van der Waals surface area contributed by atoms with Gasteiger partial charge in [0.25, 0.3) is 5.89 Å². The molecule has 170 valence electrons. The van der Waals surface area contributed by atoms with Crippen molar-refractivity contribution in [1.29, 1.82) is 5.26 Å². The zero-order valence-electron chi connectivity index (χ0n) is 18.0. The summed E-state index contributed by atoms with van der Waals surface area (Å²) < 4.78 is 16.1. The van der Waals surface area contributed by atoms with Crippen molar-refractivity contribution in [2.45, 2.75) is 6.92 Å². The molecule has 11 nitrogen and oxygen atoms in total. The summed E-state index contributed by atoms with van der Waals surface area (Å²) in [6, 6.07) is 5.54. The Bertz CT molecular complexity index is 965. The molecule has 0 unspecified atom stereocenters. The molecule has 2 fully saturated rings. The number of nitrogens with zero attached hydrogens (tertiary/aromatic N) is 6. The molecule has 2 aliphatic heterocycles. The molecule has 0 bridgehead atoms. The first-order valence-electron chi connectivity index (χ1n) is 10.7. The van der Waals surface area contributed by atoms with Crippen LogP contribution in [0.4, 0.5) is 10.7 Å². The first-order valence-corrected chi connectivity index (χ1v) is 10.7. The van der Waals surface area contributed by atoms with Crippen molar-refractivity contribution in [3.05, 3.63) is 24.1 Å². The van der Waals surface area contributed by atoms with Crippen molar-refractivity contribution in [1.82, 2.24) is 19.7 Å². The molecule has 0 aromatic carbocycles. The van der Waals surface area contributed by atoms with Gasteiger partial charge in [0.2, 0.25) is 17.5 Å². The lowest BCUT2D eigenvalue weighted by molar-refractivity contribution is -0.134. The minimum atomic E-state index is -0.324. The zero-order valence-corrected chi connectivity index (χ0v) is 18.0. The number of ether oxygens (including phenoxy) is 1. The lowest BCUT2D eigenvalue weighted by Gasteiger charge is -2.37. The van der Waals surface area contributed by atoms with E-state index >= 15 is 0 Å². The van der Waals surface area contributed by atoms with E-state index < -0.39 is 0 Å². The van der Waals surface area contributed by atoms with E-state index in [1.165, 1.54) is 6.26 Å². The van der Waals surface area contributed by atoms with E-state index in [4.69, 9.17) is 13.6 Å². The maximum atomic E-state index is 12.7. The van der Waals surface area contributed by atoms with Crippen molar-refractivity contribution >= 4 is 17.9 Å². The molecular weight excluding hydrogens is 416 g/mol. The van der Waals surface area contributed by atoms with Gasteiger partial charge in [0, 0.05) is 52.4 Å². The lowest BCUT2D eigenvalue weighted by atomic mass is 10.2. The summed E-state index contributed by atoms with van der Waals surface area (Å²) in [5, 5.41) is 9.44. The quantitative estimate of drug-likeness (QED) is 0.673. The van der Waals surface area contributed by atoms with Crippen LogP contribution < -0.4 is 4.90 Å². The molecule has 2 amide bonds. The van der Waals surface area contributed by atoms with Gasteiger partial charge in [-0.25, -0.2) is 4.79 Å². The van der Waals surface area contributed by atoms with Crippen LogP contribution >= 0.6 is 0 Å². The minimum Gasteiger partial charge on any atom is -0.459 e. The van der Waals surface area contributed by atoms with Crippen molar-refractivity contribution < 1.29 is 23.2 Å². The lowest BCUT2D eigenvalue weighted by Crippen LogP contribution is -2.54. The van der Waals surface area contributed by atoms with Crippen LogP contribution in [0.25, 0.3) is 11.7 Å². The number of hydrogen-bond acceptors (Lipinski definition) is 9. The van der Waals surface area contributed by atoms with Crippen molar-refractivity contribution in [3.8, 4) is 17.7 Å². The number of amides is 2. The van der Waals surface area contributed by atoms with Gasteiger partial charge in [-0.15, -0.1) is 0 Å². The van der Waals surface area contributed by atoms with Gasteiger partial charge in [-0.2, -0.15) is 10.2 Å². The maximum absolute atomic E-state index is 12.7. The van der Waals surface area contributed by atoms with E-state index in [0.29, 0.717) is 77.2 Å². The van der Waals surface area contributed by atoms with Crippen LogP contribution in [0.15, 0.2) is 27.2 Å². The molecule has 32 heavy (non-hydrogen) atoms. The Kier molecular flexibility index (Phi) is 6.61. The fourth-order valence-electron chi connectivity index (χ4n) is 3.86. The van der Waals surface area contributed by atoms with Gasteiger partial charge < -0.3 is 28.3 Å². The third kappa shape index (κ3) is 4.70. The second-order valence-electron chi connectivity index (χ2n) is 7.59. The summed E-state index contributed by atoms with van der Waals surface area (Å²) >= 11 is 0. The van der Waals surface area contributed by atoms with Gasteiger partial charge in [-0.05, 0) is 19.1 Å². The molecule has 0 aliphatic carbocycles. The molecule has 2 saturated heterocycles. The van der Waals surface area contributed by atoms with Crippen molar-refractivity contribution in [2.75, 3.05) is 70.4 Å². The van der Waals surface area contributed by atoms with E-state index in [-0.39, 0.29) is 23.6 Å². The first kappa shape index (κ1) is 21.7. The molecule has 0 atom stereocenters. The van der Waals surface area contributed by atoms with Crippen LogP contribution in [0.3, 0.4) is 0 Å². The number of carbonyl (C=O) groups is 2. The average Bonchev–Trinajstić information content (AvgIpc) is 3.50. The summed E-state index contributed by atoms with van der Waals surface area (Å²) in [6.07, 6.45) is 1.20.